The minimum Gasteiger partial charge on any atom is -0.505 e. The average molecular weight is 336 g/mol. The van der Waals surface area contributed by atoms with E-state index in [0.717, 1.165) is 12.8 Å². The molecule has 0 saturated heterocycles. The van der Waals surface area contributed by atoms with Crippen LogP contribution in [0.25, 0.3) is 10.6 Å². The smallest absolute Gasteiger partial charge is 0.347 e. The van der Waals surface area contributed by atoms with Crippen molar-refractivity contribution in [3.63, 3.8) is 0 Å². The number of nitrogens with zero attached hydrogens (tertiary/aromatic N) is 2. The van der Waals surface area contributed by atoms with E-state index in [1.54, 1.807) is 13.0 Å². The standard InChI is InChI=1S/C16H20N2O4S/c1-4-7-10(3)18-15(20)12(16(21)22-5-2)14(19)13(17-18)11-8-6-9-23-11/h6,8-10,19H,4-5,7H2,1-3H3. The molecule has 2 aromatic heterocycles. The van der Waals surface area contributed by atoms with Gasteiger partial charge in [-0.25, -0.2) is 9.48 Å². The first-order chi connectivity index (χ1) is 11.0. The van der Waals surface area contributed by atoms with Gasteiger partial charge in [0.15, 0.2) is 11.3 Å². The summed E-state index contributed by atoms with van der Waals surface area (Å²) in [6.07, 6.45) is 1.61. The molecule has 1 atom stereocenters. The highest BCUT2D eigenvalue weighted by Gasteiger charge is 2.26. The second kappa shape index (κ2) is 7.41. The first kappa shape index (κ1) is 17.2. The third-order valence-electron chi connectivity index (χ3n) is 3.45. The summed E-state index contributed by atoms with van der Waals surface area (Å²) in [5.41, 5.74) is -0.749. The minimum atomic E-state index is -0.826. The molecule has 0 aliphatic heterocycles. The van der Waals surface area contributed by atoms with Crippen molar-refractivity contribution >= 4 is 17.3 Å². The largest absolute Gasteiger partial charge is 0.505 e. The lowest BCUT2D eigenvalue weighted by Crippen LogP contribution is -2.32. The van der Waals surface area contributed by atoms with Crippen LogP contribution in [0.2, 0.25) is 0 Å². The highest BCUT2D eigenvalue weighted by molar-refractivity contribution is 7.13. The zero-order chi connectivity index (χ0) is 17.0. The lowest BCUT2D eigenvalue weighted by molar-refractivity contribution is 0.0519. The molecule has 0 bridgehead atoms. The molecule has 2 aromatic rings. The second-order valence-corrected chi connectivity index (χ2v) is 6.11. The SMILES string of the molecule is CCCC(C)n1nc(-c2cccs2)c(O)c(C(=O)OCC)c1=O. The molecule has 0 aromatic carbocycles. The number of hydrogen-bond donors (Lipinski definition) is 1. The molecule has 0 saturated carbocycles. The number of ether oxygens (including phenoxy) is 1. The van der Waals surface area contributed by atoms with Crippen LogP contribution in [0.15, 0.2) is 22.3 Å². The van der Waals surface area contributed by atoms with Crippen LogP contribution in [-0.4, -0.2) is 27.5 Å². The molecule has 1 N–H and O–H groups in total. The molecule has 2 rings (SSSR count). The van der Waals surface area contributed by atoms with Crippen molar-refractivity contribution in [2.75, 3.05) is 6.61 Å². The van der Waals surface area contributed by atoms with Crippen molar-refractivity contribution < 1.29 is 14.6 Å². The Hall–Kier alpha value is -2.15. The monoisotopic (exact) mass is 336 g/mol. The van der Waals surface area contributed by atoms with Crippen molar-refractivity contribution in [3.05, 3.63) is 33.4 Å². The maximum absolute atomic E-state index is 12.6. The van der Waals surface area contributed by atoms with E-state index in [0.29, 0.717) is 4.88 Å². The Bertz CT molecular complexity index is 737. The molecule has 23 heavy (non-hydrogen) atoms. The average Bonchev–Trinajstić information content (AvgIpc) is 3.02. The fraction of sp³-hybridized carbons (Fsp3) is 0.438. The molecule has 0 fully saturated rings. The highest BCUT2D eigenvalue weighted by Crippen LogP contribution is 2.32. The van der Waals surface area contributed by atoms with Gasteiger partial charge < -0.3 is 9.84 Å². The molecule has 1 unspecified atom stereocenters. The van der Waals surface area contributed by atoms with Gasteiger partial charge in [0.2, 0.25) is 0 Å². The van der Waals surface area contributed by atoms with E-state index >= 15 is 0 Å². The van der Waals surface area contributed by atoms with E-state index in [2.05, 4.69) is 5.10 Å². The number of aromatic nitrogens is 2. The molecule has 0 aliphatic rings. The quantitative estimate of drug-likeness (QED) is 0.819. The second-order valence-electron chi connectivity index (χ2n) is 5.16. The normalized spacial score (nSPS) is 12.1. The molecule has 0 radical (unpaired) electrons. The Kier molecular flexibility index (Phi) is 5.54. The molecule has 7 heteroatoms. The third kappa shape index (κ3) is 3.44. The summed E-state index contributed by atoms with van der Waals surface area (Å²) < 4.78 is 6.19. The summed E-state index contributed by atoms with van der Waals surface area (Å²) >= 11 is 1.37. The Morgan fingerprint density at radius 3 is 2.78 bits per heavy atom. The first-order valence-electron chi connectivity index (χ1n) is 7.58. The van der Waals surface area contributed by atoms with Gasteiger partial charge in [-0.05, 0) is 31.7 Å². The Labute approximate surface area is 138 Å². The number of aromatic hydroxyl groups is 1. The Morgan fingerprint density at radius 1 is 1.48 bits per heavy atom. The van der Waals surface area contributed by atoms with Gasteiger partial charge in [0.25, 0.3) is 5.56 Å². The Balaban J connectivity index is 2.69. The van der Waals surface area contributed by atoms with Gasteiger partial charge in [0.05, 0.1) is 17.5 Å². The summed E-state index contributed by atoms with van der Waals surface area (Å²) in [5, 5.41) is 16.5. The van der Waals surface area contributed by atoms with Crippen LogP contribution < -0.4 is 5.56 Å². The van der Waals surface area contributed by atoms with Crippen molar-refractivity contribution in [2.45, 2.75) is 39.7 Å². The van der Waals surface area contributed by atoms with Crippen molar-refractivity contribution in [1.82, 2.24) is 9.78 Å². The maximum atomic E-state index is 12.6. The lowest BCUT2D eigenvalue weighted by Gasteiger charge is -2.16. The van der Waals surface area contributed by atoms with E-state index in [1.165, 1.54) is 16.0 Å². The summed E-state index contributed by atoms with van der Waals surface area (Å²) in [7, 11) is 0. The number of carbonyl (C=O) groups excluding carboxylic acids is 1. The van der Waals surface area contributed by atoms with Gasteiger partial charge in [0.1, 0.15) is 5.69 Å². The van der Waals surface area contributed by atoms with Crippen LogP contribution >= 0.6 is 11.3 Å². The zero-order valence-electron chi connectivity index (χ0n) is 13.4. The summed E-state index contributed by atoms with van der Waals surface area (Å²) in [6, 6.07) is 3.41. The maximum Gasteiger partial charge on any atom is 0.347 e. The van der Waals surface area contributed by atoms with Crippen LogP contribution in [0.5, 0.6) is 5.75 Å². The summed E-state index contributed by atoms with van der Waals surface area (Å²) in [5.74, 6) is -1.25. The van der Waals surface area contributed by atoms with E-state index in [-0.39, 0.29) is 23.9 Å². The third-order valence-corrected chi connectivity index (χ3v) is 4.33. The highest BCUT2D eigenvalue weighted by atomic mass is 32.1. The fourth-order valence-corrected chi connectivity index (χ4v) is 3.05. The van der Waals surface area contributed by atoms with Crippen LogP contribution in [0.3, 0.4) is 0 Å². The summed E-state index contributed by atoms with van der Waals surface area (Å²) in [4.78, 5) is 25.4. The fourth-order valence-electron chi connectivity index (χ4n) is 2.34. The predicted molar refractivity (Wildman–Crippen MR) is 89.1 cm³/mol. The molecular weight excluding hydrogens is 316 g/mol. The van der Waals surface area contributed by atoms with Crippen molar-refractivity contribution in [2.24, 2.45) is 0 Å². The number of thiophene rings is 1. The lowest BCUT2D eigenvalue weighted by atomic mass is 10.1. The van der Waals surface area contributed by atoms with Gasteiger partial charge in [-0.3, -0.25) is 4.79 Å². The predicted octanol–water partition coefficient (Wildman–Crippen LogP) is 3.22. The van der Waals surface area contributed by atoms with Crippen molar-refractivity contribution in [3.8, 4) is 16.3 Å². The molecular formula is C16H20N2O4S. The number of rotatable bonds is 6. The molecule has 0 aliphatic carbocycles. The van der Waals surface area contributed by atoms with Crippen molar-refractivity contribution in [1.29, 1.82) is 0 Å². The molecule has 6 nitrogen and oxygen atoms in total. The van der Waals surface area contributed by atoms with Crippen LogP contribution in [0.1, 0.15) is 50.0 Å². The van der Waals surface area contributed by atoms with Gasteiger partial charge in [-0.2, -0.15) is 5.10 Å². The Morgan fingerprint density at radius 2 is 2.22 bits per heavy atom. The van der Waals surface area contributed by atoms with Crippen LogP contribution in [0, 0.1) is 0 Å². The minimum absolute atomic E-state index is 0.124. The van der Waals surface area contributed by atoms with E-state index < -0.39 is 17.3 Å². The molecule has 0 amide bonds. The number of hydrogen-bond acceptors (Lipinski definition) is 6. The van der Waals surface area contributed by atoms with Gasteiger partial charge in [-0.1, -0.05) is 19.4 Å². The van der Waals surface area contributed by atoms with E-state index in [1.807, 2.05) is 25.3 Å². The van der Waals surface area contributed by atoms with Crippen LogP contribution in [0.4, 0.5) is 0 Å². The van der Waals surface area contributed by atoms with E-state index in [9.17, 15) is 14.7 Å². The summed E-state index contributed by atoms with van der Waals surface area (Å²) in [6.45, 7) is 5.64. The van der Waals surface area contributed by atoms with Crippen LogP contribution in [-0.2, 0) is 4.74 Å². The molecule has 0 spiro atoms. The van der Waals surface area contributed by atoms with E-state index in [4.69, 9.17) is 4.74 Å². The number of esters is 1. The number of carbonyl (C=O) groups is 1. The topological polar surface area (TPSA) is 81.4 Å². The van der Waals surface area contributed by atoms with Gasteiger partial charge in [-0.15, -0.1) is 11.3 Å². The molecule has 124 valence electrons. The first-order valence-corrected chi connectivity index (χ1v) is 8.45. The van der Waals surface area contributed by atoms with Gasteiger partial charge >= 0.3 is 5.97 Å². The molecule has 2 heterocycles. The van der Waals surface area contributed by atoms with Gasteiger partial charge in [0, 0.05) is 0 Å². The zero-order valence-corrected chi connectivity index (χ0v) is 14.2.